The van der Waals surface area contributed by atoms with E-state index in [0.29, 0.717) is 6.61 Å². The third-order valence-corrected chi connectivity index (χ3v) is 6.18. The number of para-hydroxylation sites is 1. The van der Waals surface area contributed by atoms with E-state index in [1.54, 1.807) is 24.3 Å². The number of allylic oxidation sites excluding steroid dienone is 1. The van der Waals surface area contributed by atoms with Gasteiger partial charge < -0.3 is 14.9 Å². The van der Waals surface area contributed by atoms with Crippen LogP contribution in [0.25, 0.3) is 6.08 Å². The predicted octanol–water partition coefficient (Wildman–Crippen LogP) is 7.16. The van der Waals surface area contributed by atoms with E-state index in [2.05, 4.69) is 25.1 Å². The lowest BCUT2D eigenvalue weighted by molar-refractivity contribution is 0.0686. The van der Waals surface area contributed by atoms with Crippen molar-refractivity contribution in [1.82, 2.24) is 0 Å². The number of carbonyl (C=O) groups is 2. The summed E-state index contributed by atoms with van der Waals surface area (Å²) in [5, 5.41) is 18.3. The Balaban J connectivity index is 1.75. The zero-order valence-corrected chi connectivity index (χ0v) is 20.7. The van der Waals surface area contributed by atoms with Gasteiger partial charge in [0, 0.05) is 5.56 Å². The SMILES string of the molecule is CCCCCOc1ccccc1C=CC(CCc1ccc(C(=O)O)cc1)Cc1ccc(C(=O)O)cc1. The summed E-state index contributed by atoms with van der Waals surface area (Å²) in [5.41, 5.74) is 3.74. The molecule has 0 amide bonds. The quantitative estimate of drug-likeness (QED) is 0.236. The van der Waals surface area contributed by atoms with E-state index in [1.807, 2.05) is 42.5 Å². The lowest BCUT2D eigenvalue weighted by atomic mass is 9.91. The fourth-order valence-electron chi connectivity index (χ4n) is 4.04. The molecule has 0 spiro atoms. The molecule has 188 valence electrons. The van der Waals surface area contributed by atoms with Crippen molar-refractivity contribution in [2.45, 2.75) is 45.4 Å². The Morgan fingerprint density at radius 1 is 0.833 bits per heavy atom. The first-order valence-corrected chi connectivity index (χ1v) is 12.5. The van der Waals surface area contributed by atoms with Gasteiger partial charge in [-0.25, -0.2) is 9.59 Å². The molecule has 0 aliphatic carbocycles. The molecule has 2 N–H and O–H groups in total. The monoisotopic (exact) mass is 486 g/mol. The first kappa shape index (κ1) is 26.7. The van der Waals surface area contributed by atoms with Crippen LogP contribution < -0.4 is 4.74 Å². The Bertz CT molecular complexity index is 1150. The van der Waals surface area contributed by atoms with Gasteiger partial charge in [-0.1, -0.05) is 74.4 Å². The first-order valence-electron chi connectivity index (χ1n) is 12.5. The number of carboxylic acids is 2. The summed E-state index contributed by atoms with van der Waals surface area (Å²) in [5.74, 6) is -0.784. The molecule has 0 radical (unpaired) electrons. The molecule has 0 aliphatic heterocycles. The van der Waals surface area contributed by atoms with Crippen LogP contribution in [-0.2, 0) is 12.8 Å². The summed E-state index contributed by atoms with van der Waals surface area (Å²) in [6.07, 6.45) is 10.1. The van der Waals surface area contributed by atoms with Crippen molar-refractivity contribution in [3.05, 3.63) is 107 Å². The molecule has 3 aromatic rings. The van der Waals surface area contributed by atoms with Gasteiger partial charge in [-0.15, -0.1) is 0 Å². The first-order chi connectivity index (χ1) is 17.5. The van der Waals surface area contributed by atoms with Crippen LogP contribution in [0.2, 0.25) is 0 Å². The zero-order chi connectivity index (χ0) is 25.8. The Morgan fingerprint density at radius 3 is 2.06 bits per heavy atom. The third kappa shape index (κ3) is 8.42. The molecule has 0 bridgehead atoms. The van der Waals surface area contributed by atoms with Crippen molar-refractivity contribution < 1.29 is 24.5 Å². The number of ether oxygens (including phenoxy) is 1. The van der Waals surface area contributed by atoms with E-state index in [-0.39, 0.29) is 17.0 Å². The molecule has 1 atom stereocenters. The Hall–Kier alpha value is -3.86. The average Bonchev–Trinajstić information content (AvgIpc) is 2.89. The van der Waals surface area contributed by atoms with E-state index >= 15 is 0 Å². The molecule has 0 heterocycles. The molecule has 3 aromatic carbocycles. The molecule has 0 saturated heterocycles. The van der Waals surface area contributed by atoms with Crippen LogP contribution in [0.5, 0.6) is 5.75 Å². The fraction of sp³-hybridized carbons (Fsp3) is 0.290. The van der Waals surface area contributed by atoms with Crippen molar-refractivity contribution in [1.29, 1.82) is 0 Å². The van der Waals surface area contributed by atoms with Crippen LogP contribution >= 0.6 is 0 Å². The van der Waals surface area contributed by atoms with Crippen LogP contribution in [0.1, 0.15) is 70.0 Å². The smallest absolute Gasteiger partial charge is 0.335 e. The second kappa shape index (κ2) is 13.9. The number of unbranched alkanes of at least 4 members (excludes halogenated alkanes) is 2. The maximum absolute atomic E-state index is 11.2. The number of aryl methyl sites for hydroxylation is 1. The molecule has 3 rings (SSSR count). The maximum atomic E-state index is 11.2. The second-order valence-corrected chi connectivity index (χ2v) is 8.96. The molecule has 5 nitrogen and oxygen atoms in total. The number of carboxylic acid groups (broad SMARTS) is 2. The van der Waals surface area contributed by atoms with Gasteiger partial charge >= 0.3 is 11.9 Å². The number of benzene rings is 3. The van der Waals surface area contributed by atoms with Crippen molar-refractivity contribution >= 4 is 18.0 Å². The fourth-order valence-corrected chi connectivity index (χ4v) is 4.04. The minimum absolute atomic E-state index is 0.202. The van der Waals surface area contributed by atoms with Gasteiger partial charge in [0.05, 0.1) is 17.7 Å². The van der Waals surface area contributed by atoms with Crippen LogP contribution in [-0.4, -0.2) is 28.8 Å². The summed E-state index contributed by atoms with van der Waals surface area (Å²) in [7, 11) is 0. The van der Waals surface area contributed by atoms with Gasteiger partial charge in [0.1, 0.15) is 5.75 Å². The summed E-state index contributed by atoms with van der Waals surface area (Å²) in [6.45, 7) is 2.87. The minimum atomic E-state index is -0.932. The van der Waals surface area contributed by atoms with Gasteiger partial charge in [-0.3, -0.25) is 0 Å². The van der Waals surface area contributed by atoms with Crippen molar-refractivity contribution in [2.75, 3.05) is 6.61 Å². The highest BCUT2D eigenvalue weighted by molar-refractivity contribution is 5.88. The maximum Gasteiger partial charge on any atom is 0.335 e. The van der Waals surface area contributed by atoms with Crippen molar-refractivity contribution in [2.24, 2.45) is 5.92 Å². The summed E-state index contributed by atoms with van der Waals surface area (Å²) < 4.78 is 6.03. The molecular formula is C31H34O5. The molecule has 0 saturated carbocycles. The van der Waals surface area contributed by atoms with E-state index in [4.69, 9.17) is 9.84 Å². The van der Waals surface area contributed by atoms with Crippen LogP contribution in [0, 0.1) is 5.92 Å². The molecule has 5 heteroatoms. The minimum Gasteiger partial charge on any atom is -0.493 e. The van der Waals surface area contributed by atoms with Crippen LogP contribution in [0.15, 0.2) is 78.9 Å². The van der Waals surface area contributed by atoms with E-state index in [9.17, 15) is 14.7 Å². The van der Waals surface area contributed by atoms with Gasteiger partial charge in [0.15, 0.2) is 0 Å². The van der Waals surface area contributed by atoms with Crippen LogP contribution in [0.3, 0.4) is 0 Å². The standard InChI is InChI=1S/C31H34O5/c1-2-3-6-21-36-29-8-5-4-7-26(29)16-13-24(22-25-14-19-28(20-15-25)31(34)35)10-9-23-11-17-27(18-12-23)30(32)33/h4-5,7-8,11-20,24H,2-3,6,9-10,21-22H2,1H3,(H,32,33)(H,34,35). The highest BCUT2D eigenvalue weighted by Gasteiger charge is 2.10. The normalized spacial score (nSPS) is 11.9. The second-order valence-electron chi connectivity index (χ2n) is 8.96. The van der Waals surface area contributed by atoms with E-state index in [1.165, 1.54) is 0 Å². The Morgan fingerprint density at radius 2 is 1.44 bits per heavy atom. The third-order valence-electron chi connectivity index (χ3n) is 6.18. The number of hydrogen-bond donors (Lipinski definition) is 2. The Kier molecular flexibility index (Phi) is 10.3. The average molecular weight is 487 g/mol. The lowest BCUT2D eigenvalue weighted by Crippen LogP contribution is -2.05. The number of hydrogen-bond acceptors (Lipinski definition) is 3. The number of rotatable bonds is 14. The lowest BCUT2D eigenvalue weighted by Gasteiger charge is -2.15. The van der Waals surface area contributed by atoms with Crippen molar-refractivity contribution in [3.63, 3.8) is 0 Å². The van der Waals surface area contributed by atoms with E-state index < -0.39 is 11.9 Å². The van der Waals surface area contributed by atoms with Gasteiger partial charge in [-0.05, 0) is 73.1 Å². The van der Waals surface area contributed by atoms with Crippen LogP contribution in [0.4, 0.5) is 0 Å². The highest BCUT2D eigenvalue weighted by Crippen LogP contribution is 2.24. The largest absolute Gasteiger partial charge is 0.493 e. The Labute approximate surface area is 213 Å². The molecule has 0 fully saturated rings. The predicted molar refractivity (Wildman–Crippen MR) is 143 cm³/mol. The van der Waals surface area contributed by atoms with Crippen molar-refractivity contribution in [3.8, 4) is 5.75 Å². The van der Waals surface area contributed by atoms with Gasteiger partial charge in [0.2, 0.25) is 0 Å². The molecule has 0 aliphatic rings. The summed E-state index contributed by atoms with van der Waals surface area (Å²) in [6, 6.07) is 22.1. The topological polar surface area (TPSA) is 83.8 Å². The highest BCUT2D eigenvalue weighted by atomic mass is 16.5. The summed E-state index contributed by atoms with van der Waals surface area (Å²) >= 11 is 0. The molecule has 36 heavy (non-hydrogen) atoms. The number of aromatic carboxylic acids is 2. The van der Waals surface area contributed by atoms with E-state index in [0.717, 1.165) is 61.0 Å². The van der Waals surface area contributed by atoms with Gasteiger partial charge in [0.25, 0.3) is 0 Å². The molecule has 1 unspecified atom stereocenters. The molecule has 0 aromatic heterocycles. The molecular weight excluding hydrogens is 452 g/mol. The summed E-state index contributed by atoms with van der Waals surface area (Å²) in [4.78, 5) is 22.3. The van der Waals surface area contributed by atoms with Gasteiger partial charge in [-0.2, -0.15) is 0 Å². The zero-order valence-electron chi connectivity index (χ0n) is 20.7.